The van der Waals surface area contributed by atoms with Crippen LogP contribution in [-0.2, 0) is 0 Å². The molecule has 0 aliphatic rings. The minimum absolute atomic E-state index is 0.911. The fourth-order valence-electron chi connectivity index (χ4n) is 2.11. The highest BCUT2D eigenvalue weighted by Gasteiger charge is 2.08. The Morgan fingerprint density at radius 3 is 2.00 bits per heavy atom. The van der Waals surface area contributed by atoms with Crippen molar-refractivity contribution in [2.24, 2.45) is 0 Å². The van der Waals surface area contributed by atoms with Crippen LogP contribution in [0.4, 0.5) is 0 Å². The summed E-state index contributed by atoms with van der Waals surface area (Å²) in [6.45, 7) is 1.95. The third-order valence-corrected chi connectivity index (χ3v) is 3.62. The van der Waals surface area contributed by atoms with Crippen LogP contribution in [0.15, 0.2) is 59.2 Å². The van der Waals surface area contributed by atoms with Gasteiger partial charge in [0.15, 0.2) is 0 Å². The second-order valence-electron chi connectivity index (χ2n) is 4.43. The van der Waals surface area contributed by atoms with E-state index in [-0.39, 0.29) is 0 Å². The van der Waals surface area contributed by atoms with Gasteiger partial charge in [0, 0.05) is 5.56 Å². The van der Waals surface area contributed by atoms with Crippen LogP contribution in [0.3, 0.4) is 0 Å². The fraction of sp³-hybridized carbons (Fsp3) is 0.0625. The van der Waals surface area contributed by atoms with Crippen molar-refractivity contribution in [3.05, 3.63) is 65.0 Å². The van der Waals surface area contributed by atoms with E-state index in [9.17, 15) is 0 Å². The summed E-state index contributed by atoms with van der Waals surface area (Å²) in [5.74, 6) is 0.911. The van der Waals surface area contributed by atoms with Crippen molar-refractivity contribution >= 4 is 15.9 Å². The Morgan fingerprint density at radius 1 is 0.842 bits per heavy atom. The summed E-state index contributed by atoms with van der Waals surface area (Å²) in [5, 5.41) is 0. The maximum Gasteiger partial charge on any atom is 0.110 e. The van der Waals surface area contributed by atoms with Crippen molar-refractivity contribution in [2.45, 2.75) is 6.92 Å². The number of benzene rings is 2. The van der Waals surface area contributed by atoms with Gasteiger partial charge in [-0.1, -0.05) is 54.6 Å². The molecule has 0 atom stereocenters. The molecule has 2 nitrogen and oxygen atoms in total. The summed E-state index contributed by atoms with van der Waals surface area (Å²) < 4.78 is 0.928. The maximum absolute atomic E-state index is 4.48. The molecule has 1 N–H and O–H groups in total. The van der Waals surface area contributed by atoms with Crippen molar-refractivity contribution in [3.8, 4) is 22.4 Å². The van der Waals surface area contributed by atoms with E-state index in [2.05, 4.69) is 74.4 Å². The molecule has 1 aromatic heterocycles. The van der Waals surface area contributed by atoms with Gasteiger partial charge in [0.05, 0.1) is 0 Å². The highest BCUT2D eigenvalue weighted by Crippen LogP contribution is 2.28. The van der Waals surface area contributed by atoms with Gasteiger partial charge >= 0.3 is 0 Å². The molecule has 0 unspecified atom stereocenters. The predicted octanol–water partition coefficient (Wildman–Crippen LogP) is 4.81. The molecule has 3 rings (SSSR count). The third kappa shape index (κ3) is 2.47. The summed E-state index contributed by atoms with van der Waals surface area (Å²) in [4.78, 5) is 7.64. The number of hydrogen-bond acceptors (Lipinski definition) is 1. The van der Waals surface area contributed by atoms with Gasteiger partial charge in [0.25, 0.3) is 0 Å². The van der Waals surface area contributed by atoms with Gasteiger partial charge in [-0.15, -0.1) is 0 Å². The quantitative estimate of drug-likeness (QED) is 0.722. The van der Waals surface area contributed by atoms with E-state index < -0.39 is 0 Å². The number of halogens is 1. The minimum Gasteiger partial charge on any atom is -0.336 e. The molecule has 0 saturated heterocycles. The first-order valence-electron chi connectivity index (χ1n) is 6.12. The summed E-state index contributed by atoms with van der Waals surface area (Å²) in [6.07, 6.45) is 0. The Bertz CT molecular complexity index is 685. The zero-order valence-electron chi connectivity index (χ0n) is 10.5. The largest absolute Gasteiger partial charge is 0.336 e. The second kappa shape index (κ2) is 5.02. The summed E-state index contributed by atoms with van der Waals surface area (Å²) in [5.41, 5.74) is 4.51. The molecule has 3 heteroatoms. The van der Waals surface area contributed by atoms with Gasteiger partial charge in [-0.3, -0.25) is 0 Å². The van der Waals surface area contributed by atoms with Crippen LogP contribution in [0.2, 0.25) is 0 Å². The van der Waals surface area contributed by atoms with Gasteiger partial charge in [-0.25, -0.2) is 4.98 Å². The van der Waals surface area contributed by atoms with Crippen LogP contribution in [0, 0.1) is 6.92 Å². The molecule has 0 aliphatic heterocycles. The van der Waals surface area contributed by atoms with E-state index in [1.807, 2.05) is 13.0 Å². The van der Waals surface area contributed by atoms with E-state index in [0.29, 0.717) is 0 Å². The van der Waals surface area contributed by atoms with Gasteiger partial charge in [-0.05, 0) is 34.0 Å². The Kier molecular flexibility index (Phi) is 3.22. The third-order valence-electron chi connectivity index (χ3n) is 3.04. The zero-order chi connectivity index (χ0) is 13.2. The van der Waals surface area contributed by atoms with E-state index in [0.717, 1.165) is 21.7 Å². The number of rotatable bonds is 2. The van der Waals surface area contributed by atoms with Crippen molar-refractivity contribution in [2.75, 3.05) is 0 Å². The number of aromatic amines is 1. The van der Waals surface area contributed by atoms with E-state index in [4.69, 9.17) is 0 Å². The first-order valence-corrected chi connectivity index (χ1v) is 6.91. The Balaban J connectivity index is 1.98. The van der Waals surface area contributed by atoms with Crippen LogP contribution in [0.25, 0.3) is 22.4 Å². The molecular formula is C16H13BrN2. The first-order chi connectivity index (χ1) is 9.24. The number of imidazole rings is 1. The smallest absolute Gasteiger partial charge is 0.110 e. The lowest BCUT2D eigenvalue weighted by atomic mass is 10.0. The maximum atomic E-state index is 4.48. The second-order valence-corrected chi connectivity index (χ2v) is 5.22. The Labute approximate surface area is 120 Å². The zero-order valence-corrected chi connectivity index (χ0v) is 12.1. The molecule has 0 radical (unpaired) electrons. The average Bonchev–Trinajstić information content (AvgIpc) is 2.79. The van der Waals surface area contributed by atoms with Crippen molar-refractivity contribution in [1.29, 1.82) is 0 Å². The lowest BCUT2D eigenvalue weighted by molar-refractivity contribution is 1.14. The molecule has 2 aromatic carbocycles. The molecule has 0 amide bonds. The van der Waals surface area contributed by atoms with Gasteiger partial charge < -0.3 is 4.98 Å². The topological polar surface area (TPSA) is 28.7 Å². The number of hydrogen-bond donors (Lipinski definition) is 1. The molecule has 0 saturated carbocycles. The standard InChI is InChI=1S/C16H13BrN2/c1-11-18-15(16(17)19-11)14-9-7-13(8-10-14)12-5-3-2-4-6-12/h2-10H,1H3,(H,18,19). The number of aryl methyl sites for hydroxylation is 1. The molecule has 0 bridgehead atoms. The highest BCUT2D eigenvalue weighted by atomic mass is 79.9. The van der Waals surface area contributed by atoms with Crippen LogP contribution in [0.5, 0.6) is 0 Å². The summed E-state index contributed by atoms with van der Waals surface area (Å²) >= 11 is 3.50. The Hall–Kier alpha value is -1.87. The molecule has 3 aromatic rings. The normalized spacial score (nSPS) is 10.6. The summed E-state index contributed by atoms with van der Waals surface area (Å²) in [7, 11) is 0. The van der Waals surface area contributed by atoms with Crippen LogP contribution < -0.4 is 0 Å². The predicted molar refractivity (Wildman–Crippen MR) is 81.9 cm³/mol. The SMILES string of the molecule is Cc1nc(-c2ccc(-c3ccccc3)cc2)c(Br)[nH]1. The van der Waals surface area contributed by atoms with Gasteiger partial charge in [0.1, 0.15) is 16.1 Å². The summed E-state index contributed by atoms with van der Waals surface area (Å²) in [6, 6.07) is 18.8. The first kappa shape index (κ1) is 12.2. The minimum atomic E-state index is 0.911. The lowest BCUT2D eigenvalue weighted by Crippen LogP contribution is -1.81. The van der Waals surface area contributed by atoms with Crippen molar-refractivity contribution in [3.63, 3.8) is 0 Å². The van der Waals surface area contributed by atoms with Crippen molar-refractivity contribution in [1.82, 2.24) is 9.97 Å². The fourth-order valence-corrected chi connectivity index (χ4v) is 2.71. The van der Waals surface area contributed by atoms with Crippen LogP contribution >= 0.6 is 15.9 Å². The molecule has 94 valence electrons. The Morgan fingerprint density at radius 2 is 1.42 bits per heavy atom. The number of aromatic nitrogens is 2. The molecule has 1 heterocycles. The van der Waals surface area contributed by atoms with Gasteiger partial charge in [0.2, 0.25) is 0 Å². The monoisotopic (exact) mass is 312 g/mol. The number of nitrogens with zero attached hydrogens (tertiary/aromatic N) is 1. The van der Waals surface area contributed by atoms with E-state index in [1.165, 1.54) is 11.1 Å². The van der Waals surface area contributed by atoms with Gasteiger partial charge in [-0.2, -0.15) is 0 Å². The van der Waals surface area contributed by atoms with Crippen LogP contribution in [0.1, 0.15) is 5.82 Å². The van der Waals surface area contributed by atoms with Crippen molar-refractivity contribution < 1.29 is 0 Å². The molecule has 0 fully saturated rings. The molecule has 19 heavy (non-hydrogen) atoms. The number of nitrogens with one attached hydrogen (secondary N) is 1. The van der Waals surface area contributed by atoms with E-state index >= 15 is 0 Å². The molecule has 0 spiro atoms. The van der Waals surface area contributed by atoms with E-state index in [1.54, 1.807) is 0 Å². The molecule has 0 aliphatic carbocycles. The highest BCUT2D eigenvalue weighted by molar-refractivity contribution is 9.10. The average molecular weight is 313 g/mol. The lowest BCUT2D eigenvalue weighted by Gasteiger charge is -2.03. The molecular weight excluding hydrogens is 300 g/mol. The number of H-pyrrole nitrogens is 1. The van der Waals surface area contributed by atoms with Crippen LogP contribution in [-0.4, -0.2) is 9.97 Å².